The lowest BCUT2D eigenvalue weighted by Gasteiger charge is -1.90. The molecule has 1 aliphatic heterocycles. The molecular weight excluding hydrogens is 134 g/mol. The molecule has 0 amide bonds. The van der Waals surface area contributed by atoms with Gasteiger partial charge in [-0.1, -0.05) is 0 Å². The Hall–Kier alpha value is -0.700. The summed E-state index contributed by atoms with van der Waals surface area (Å²) in [6, 6.07) is 1.98. The second kappa shape index (κ2) is 1.92. The first kappa shape index (κ1) is 5.11. The largest absolute Gasteiger partial charge is 0.424 e. The SMILES string of the molecule is c1cc2c(cn1)OSC2. The van der Waals surface area contributed by atoms with E-state index >= 15 is 0 Å². The second-order valence-corrected chi connectivity index (χ2v) is 2.52. The summed E-state index contributed by atoms with van der Waals surface area (Å²) < 4.78 is 5.15. The molecule has 0 atom stereocenters. The quantitative estimate of drug-likeness (QED) is 0.510. The summed E-state index contributed by atoms with van der Waals surface area (Å²) >= 11 is 1.46. The van der Waals surface area contributed by atoms with Gasteiger partial charge in [0.1, 0.15) is 0 Å². The summed E-state index contributed by atoms with van der Waals surface area (Å²) in [5, 5.41) is 0. The van der Waals surface area contributed by atoms with Gasteiger partial charge >= 0.3 is 0 Å². The molecule has 0 aliphatic carbocycles. The van der Waals surface area contributed by atoms with Gasteiger partial charge in [0.2, 0.25) is 0 Å². The van der Waals surface area contributed by atoms with Gasteiger partial charge in [-0.2, -0.15) is 0 Å². The van der Waals surface area contributed by atoms with Crippen LogP contribution in [0.1, 0.15) is 5.56 Å². The van der Waals surface area contributed by atoms with Gasteiger partial charge in [-0.3, -0.25) is 4.98 Å². The van der Waals surface area contributed by atoms with Gasteiger partial charge in [0, 0.05) is 11.8 Å². The third-order valence-electron chi connectivity index (χ3n) is 1.23. The normalized spacial score (nSPS) is 14.7. The smallest absolute Gasteiger partial charge is 0.159 e. The molecule has 1 aromatic heterocycles. The highest BCUT2D eigenvalue weighted by molar-refractivity contribution is 7.94. The Bertz CT molecular complexity index is 203. The number of hydrogen-bond acceptors (Lipinski definition) is 3. The standard InChI is InChI=1S/C6H5NOS/c1-2-7-3-6-5(1)4-9-8-6/h1-3H,4H2. The monoisotopic (exact) mass is 139 g/mol. The second-order valence-electron chi connectivity index (χ2n) is 1.83. The first-order chi connectivity index (χ1) is 4.47. The fourth-order valence-electron chi connectivity index (χ4n) is 0.759. The van der Waals surface area contributed by atoms with Crippen LogP contribution in [0.4, 0.5) is 0 Å². The van der Waals surface area contributed by atoms with E-state index in [1.165, 1.54) is 17.6 Å². The van der Waals surface area contributed by atoms with Crippen molar-refractivity contribution < 1.29 is 4.18 Å². The Morgan fingerprint density at radius 3 is 3.56 bits per heavy atom. The van der Waals surface area contributed by atoms with E-state index in [0.29, 0.717) is 0 Å². The predicted octanol–water partition coefficient (Wildman–Crippen LogP) is 1.62. The summed E-state index contributed by atoms with van der Waals surface area (Å²) in [5.41, 5.74) is 1.25. The van der Waals surface area contributed by atoms with Crippen LogP contribution in [0.5, 0.6) is 5.75 Å². The van der Waals surface area contributed by atoms with Crippen LogP contribution in [0.3, 0.4) is 0 Å². The van der Waals surface area contributed by atoms with Gasteiger partial charge in [-0.15, -0.1) is 0 Å². The summed E-state index contributed by atoms with van der Waals surface area (Å²) in [6.45, 7) is 0. The van der Waals surface area contributed by atoms with Gasteiger partial charge in [0.25, 0.3) is 0 Å². The third kappa shape index (κ3) is 0.772. The highest BCUT2D eigenvalue weighted by atomic mass is 32.2. The zero-order valence-electron chi connectivity index (χ0n) is 4.70. The highest BCUT2D eigenvalue weighted by Crippen LogP contribution is 2.31. The fraction of sp³-hybridized carbons (Fsp3) is 0.167. The van der Waals surface area contributed by atoms with Crippen LogP contribution in [0, 0.1) is 0 Å². The van der Waals surface area contributed by atoms with E-state index < -0.39 is 0 Å². The molecule has 0 N–H and O–H groups in total. The lowest BCUT2D eigenvalue weighted by molar-refractivity contribution is 0.656. The molecule has 0 saturated heterocycles. The number of rotatable bonds is 0. The molecule has 0 radical (unpaired) electrons. The lowest BCUT2D eigenvalue weighted by atomic mass is 10.3. The van der Waals surface area contributed by atoms with Crippen molar-refractivity contribution in [2.75, 3.05) is 0 Å². The maximum absolute atomic E-state index is 5.15. The van der Waals surface area contributed by atoms with Crippen LogP contribution in [0.25, 0.3) is 0 Å². The van der Waals surface area contributed by atoms with E-state index in [-0.39, 0.29) is 0 Å². The Balaban J connectivity index is 2.54. The topological polar surface area (TPSA) is 22.1 Å². The molecular formula is C6H5NOS. The van der Waals surface area contributed by atoms with E-state index in [9.17, 15) is 0 Å². The fourth-order valence-corrected chi connectivity index (χ4v) is 1.46. The predicted molar refractivity (Wildman–Crippen MR) is 36.2 cm³/mol. The highest BCUT2D eigenvalue weighted by Gasteiger charge is 2.11. The molecule has 0 saturated carbocycles. The molecule has 0 aromatic carbocycles. The first-order valence-corrected chi connectivity index (χ1v) is 3.60. The van der Waals surface area contributed by atoms with Crippen molar-refractivity contribution in [3.63, 3.8) is 0 Å². The Labute approximate surface area is 57.5 Å². The van der Waals surface area contributed by atoms with Crippen molar-refractivity contribution in [1.82, 2.24) is 4.98 Å². The first-order valence-electron chi connectivity index (χ1n) is 2.69. The number of hydrogen-bond donors (Lipinski definition) is 0. The molecule has 2 heterocycles. The van der Waals surface area contributed by atoms with Crippen LogP contribution in [-0.2, 0) is 5.75 Å². The molecule has 1 aliphatic rings. The minimum absolute atomic E-state index is 0.919. The van der Waals surface area contributed by atoms with Gasteiger partial charge in [0.15, 0.2) is 5.75 Å². The summed E-state index contributed by atoms with van der Waals surface area (Å²) in [4.78, 5) is 3.92. The van der Waals surface area contributed by atoms with Crippen molar-refractivity contribution >= 4 is 12.0 Å². The Kier molecular flexibility index (Phi) is 1.09. The zero-order valence-corrected chi connectivity index (χ0v) is 5.52. The van der Waals surface area contributed by atoms with Crippen molar-refractivity contribution in [3.05, 3.63) is 24.0 Å². The number of aromatic nitrogens is 1. The molecule has 2 rings (SSSR count). The molecule has 9 heavy (non-hydrogen) atoms. The van der Waals surface area contributed by atoms with E-state index in [1.807, 2.05) is 6.07 Å². The van der Waals surface area contributed by atoms with E-state index in [1.54, 1.807) is 12.4 Å². The van der Waals surface area contributed by atoms with Crippen LogP contribution < -0.4 is 4.18 Å². The molecule has 0 spiro atoms. The van der Waals surface area contributed by atoms with Crippen LogP contribution in [-0.4, -0.2) is 4.98 Å². The molecule has 2 nitrogen and oxygen atoms in total. The summed E-state index contributed by atoms with van der Waals surface area (Å²) in [6.07, 6.45) is 3.53. The lowest BCUT2D eigenvalue weighted by Crippen LogP contribution is -1.76. The number of nitrogens with zero attached hydrogens (tertiary/aromatic N) is 1. The molecule has 0 unspecified atom stereocenters. The number of pyridine rings is 1. The van der Waals surface area contributed by atoms with Gasteiger partial charge in [-0.25, -0.2) is 0 Å². The van der Waals surface area contributed by atoms with Crippen LogP contribution in [0.15, 0.2) is 18.5 Å². The van der Waals surface area contributed by atoms with Gasteiger partial charge in [-0.05, 0) is 6.07 Å². The molecule has 0 fully saturated rings. The maximum Gasteiger partial charge on any atom is 0.159 e. The molecule has 0 bridgehead atoms. The van der Waals surface area contributed by atoms with Gasteiger partial charge in [0.05, 0.1) is 24.0 Å². The van der Waals surface area contributed by atoms with Crippen molar-refractivity contribution in [2.24, 2.45) is 0 Å². The third-order valence-corrected chi connectivity index (χ3v) is 1.96. The average Bonchev–Trinajstić information content (AvgIpc) is 2.33. The molecule has 3 heteroatoms. The van der Waals surface area contributed by atoms with Crippen molar-refractivity contribution in [3.8, 4) is 5.75 Å². The Morgan fingerprint density at radius 1 is 1.67 bits per heavy atom. The molecule has 1 aromatic rings. The van der Waals surface area contributed by atoms with Crippen molar-refractivity contribution in [1.29, 1.82) is 0 Å². The van der Waals surface area contributed by atoms with Crippen LogP contribution in [0.2, 0.25) is 0 Å². The minimum atomic E-state index is 0.919. The van der Waals surface area contributed by atoms with Crippen molar-refractivity contribution in [2.45, 2.75) is 5.75 Å². The van der Waals surface area contributed by atoms with Crippen LogP contribution >= 0.6 is 12.0 Å². The minimum Gasteiger partial charge on any atom is -0.424 e. The van der Waals surface area contributed by atoms with E-state index in [4.69, 9.17) is 4.18 Å². The summed E-state index contributed by atoms with van der Waals surface area (Å²) in [5.74, 6) is 1.88. The average molecular weight is 139 g/mol. The van der Waals surface area contributed by atoms with E-state index in [2.05, 4.69) is 4.98 Å². The van der Waals surface area contributed by atoms with Gasteiger partial charge < -0.3 is 4.18 Å². The van der Waals surface area contributed by atoms with E-state index in [0.717, 1.165) is 11.5 Å². The number of fused-ring (bicyclic) bond motifs is 1. The zero-order chi connectivity index (χ0) is 6.10. The molecule has 46 valence electrons. The summed E-state index contributed by atoms with van der Waals surface area (Å²) in [7, 11) is 0. The Morgan fingerprint density at radius 2 is 2.67 bits per heavy atom. The maximum atomic E-state index is 5.15.